The molecule has 1 aromatic carbocycles. The molecule has 1 heteroatoms. The first-order valence-corrected chi connectivity index (χ1v) is 11.7. The fourth-order valence-electron chi connectivity index (χ4n) is 3.50. The minimum atomic E-state index is -0.996. The van der Waals surface area contributed by atoms with E-state index < -0.39 is 7.26 Å². The van der Waals surface area contributed by atoms with Crippen LogP contribution in [0.1, 0.15) is 70.5 Å². The molecule has 0 saturated heterocycles. The van der Waals surface area contributed by atoms with Gasteiger partial charge in [-0.15, -0.1) is 0 Å². The van der Waals surface area contributed by atoms with Crippen molar-refractivity contribution in [1.29, 1.82) is 0 Å². The molecule has 0 nitrogen and oxygen atoms in total. The smallest absolute Gasteiger partial charge is 0.0989 e. The maximum atomic E-state index is 4.26. The largest absolute Gasteiger partial charge is 0.112 e. The Bertz CT molecular complexity index is 374. The Morgan fingerprint density at radius 1 is 0.864 bits per heavy atom. The average Bonchev–Trinajstić information content (AvgIpc) is 2.57. The van der Waals surface area contributed by atoms with Crippen molar-refractivity contribution >= 4 is 7.26 Å². The van der Waals surface area contributed by atoms with Gasteiger partial charge in [-0.3, -0.25) is 0 Å². The minimum Gasteiger partial charge on any atom is -0.0989 e. The lowest BCUT2D eigenvalue weighted by atomic mass is 10.1. The van der Waals surface area contributed by atoms with Crippen LogP contribution in [0.25, 0.3) is 0 Å². The number of rotatable bonds is 12. The summed E-state index contributed by atoms with van der Waals surface area (Å²) < 4.78 is 0. The quantitative estimate of drug-likeness (QED) is 0.279. The Morgan fingerprint density at radius 2 is 1.32 bits per heavy atom. The first kappa shape index (κ1) is 19.4. The van der Waals surface area contributed by atoms with Crippen LogP contribution in [-0.4, -0.2) is 18.5 Å². The Hall–Kier alpha value is -0.610. The van der Waals surface area contributed by atoms with E-state index in [2.05, 4.69) is 63.8 Å². The predicted octanol–water partition coefficient (Wildman–Crippen LogP) is 7.33. The highest BCUT2D eigenvalue weighted by Crippen LogP contribution is 2.71. The van der Waals surface area contributed by atoms with E-state index in [1.807, 2.05) is 0 Å². The fourth-order valence-corrected chi connectivity index (χ4v) is 9.09. The van der Waals surface area contributed by atoms with Crippen LogP contribution < -0.4 is 0 Å². The maximum absolute atomic E-state index is 4.26. The molecule has 1 rings (SSSR count). The molecular weight excluding hydrogens is 283 g/mol. The standard InChI is InChI=1S/C21H36P/c1-5-9-17-22(18-10-6-2,19-11-7-3)21(8-4)20-15-13-12-14-16-20/h8,12-16,21H,4-7,9-11,17-19H2,1-3H3/q+1. The van der Waals surface area contributed by atoms with E-state index in [1.165, 1.54) is 62.6 Å². The lowest BCUT2D eigenvalue weighted by molar-refractivity contribution is 0.825. The van der Waals surface area contributed by atoms with Crippen molar-refractivity contribution in [3.05, 3.63) is 48.6 Å². The molecule has 0 bridgehead atoms. The SMILES string of the molecule is C=CC(c1ccccc1)[P+](CCCC)(CCCC)CCCC. The molecule has 0 spiro atoms. The van der Waals surface area contributed by atoms with Crippen molar-refractivity contribution in [3.63, 3.8) is 0 Å². The normalized spacial score (nSPS) is 13.0. The second-order valence-electron chi connectivity index (χ2n) is 6.54. The zero-order chi connectivity index (χ0) is 16.3. The third kappa shape index (κ3) is 5.54. The topological polar surface area (TPSA) is 0 Å². The zero-order valence-corrected chi connectivity index (χ0v) is 16.0. The Morgan fingerprint density at radius 3 is 1.68 bits per heavy atom. The van der Waals surface area contributed by atoms with Crippen molar-refractivity contribution in [3.8, 4) is 0 Å². The molecular formula is C21H36P+. The fraction of sp³-hybridized carbons (Fsp3) is 0.619. The van der Waals surface area contributed by atoms with Gasteiger partial charge in [-0.1, -0.05) is 76.9 Å². The minimum absolute atomic E-state index is 0.610. The van der Waals surface area contributed by atoms with Gasteiger partial charge in [0.25, 0.3) is 0 Å². The van der Waals surface area contributed by atoms with E-state index in [0.29, 0.717) is 5.66 Å². The molecule has 0 fully saturated rings. The van der Waals surface area contributed by atoms with Gasteiger partial charge in [0.2, 0.25) is 0 Å². The summed E-state index contributed by atoms with van der Waals surface area (Å²) in [5, 5.41) is 0. The maximum Gasteiger partial charge on any atom is 0.112 e. The van der Waals surface area contributed by atoms with E-state index >= 15 is 0 Å². The summed E-state index contributed by atoms with van der Waals surface area (Å²) in [5.41, 5.74) is 2.12. The summed E-state index contributed by atoms with van der Waals surface area (Å²) in [6.07, 6.45) is 14.8. The van der Waals surface area contributed by atoms with Crippen LogP contribution in [-0.2, 0) is 0 Å². The first-order valence-electron chi connectivity index (χ1n) is 9.27. The van der Waals surface area contributed by atoms with Crippen LogP contribution in [0.2, 0.25) is 0 Å². The number of allylic oxidation sites excluding steroid dienone is 1. The molecule has 0 saturated carbocycles. The highest BCUT2D eigenvalue weighted by atomic mass is 31.2. The first-order chi connectivity index (χ1) is 10.7. The molecule has 0 N–H and O–H groups in total. The molecule has 1 atom stereocenters. The second kappa shape index (κ2) is 11.0. The van der Waals surface area contributed by atoms with Crippen LogP contribution in [0.3, 0.4) is 0 Å². The van der Waals surface area contributed by atoms with E-state index in [0.717, 1.165) is 0 Å². The predicted molar refractivity (Wildman–Crippen MR) is 106 cm³/mol. The van der Waals surface area contributed by atoms with Gasteiger partial charge in [-0.05, 0) is 30.9 Å². The molecule has 0 radical (unpaired) electrons. The highest BCUT2D eigenvalue weighted by molar-refractivity contribution is 7.76. The molecule has 0 aromatic heterocycles. The summed E-state index contributed by atoms with van der Waals surface area (Å²) in [6, 6.07) is 11.2. The third-order valence-corrected chi connectivity index (χ3v) is 10.1. The average molecular weight is 319 g/mol. The van der Waals surface area contributed by atoms with Gasteiger partial charge in [0, 0.05) is 7.26 Å². The van der Waals surface area contributed by atoms with E-state index in [4.69, 9.17) is 0 Å². The van der Waals surface area contributed by atoms with Gasteiger partial charge in [0.1, 0.15) is 5.66 Å². The van der Waals surface area contributed by atoms with Crippen molar-refractivity contribution < 1.29 is 0 Å². The molecule has 1 unspecified atom stereocenters. The Kier molecular flexibility index (Phi) is 9.73. The molecule has 124 valence electrons. The van der Waals surface area contributed by atoms with Crippen molar-refractivity contribution in [2.75, 3.05) is 18.5 Å². The van der Waals surface area contributed by atoms with Crippen LogP contribution in [0.15, 0.2) is 43.0 Å². The van der Waals surface area contributed by atoms with Crippen molar-refractivity contribution in [2.24, 2.45) is 0 Å². The molecule has 0 aliphatic heterocycles. The number of unbranched alkanes of at least 4 members (excludes halogenated alkanes) is 3. The summed E-state index contributed by atoms with van der Waals surface area (Å²) in [5.74, 6) is 0. The van der Waals surface area contributed by atoms with Gasteiger partial charge in [0.15, 0.2) is 0 Å². The molecule has 0 aliphatic carbocycles. The van der Waals surface area contributed by atoms with Gasteiger partial charge >= 0.3 is 0 Å². The Balaban J connectivity index is 3.12. The summed E-state index contributed by atoms with van der Waals surface area (Å²) in [6.45, 7) is 11.3. The lowest BCUT2D eigenvalue weighted by Crippen LogP contribution is -2.15. The number of hydrogen-bond donors (Lipinski definition) is 0. The monoisotopic (exact) mass is 319 g/mol. The summed E-state index contributed by atoms with van der Waals surface area (Å²) >= 11 is 0. The van der Waals surface area contributed by atoms with Crippen molar-refractivity contribution in [2.45, 2.75) is 65.0 Å². The second-order valence-corrected chi connectivity index (χ2v) is 10.9. The van der Waals surface area contributed by atoms with Gasteiger partial charge in [-0.2, -0.15) is 0 Å². The van der Waals surface area contributed by atoms with Crippen LogP contribution >= 0.6 is 7.26 Å². The highest BCUT2D eigenvalue weighted by Gasteiger charge is 2.43. The molecule has 22 heavy (non-hydrogen) atoms. The molecule has 0 heterocycles. The lowest BCUT2D eigenvalue weighted by Gasteiger charge is -2.34. The molecule has 0 amide bonds. The van der Waals surface area contributed by atoms with Gasteiger partial charge in [0.05, 0.1) is 18.5 Å². The van der Waals surface area contributed by atoms with E-state index in [1.54, 1.807) is 0 Å². The Labute approximate surface area is 139 Å². The zero-order valence-electron chi connectivity index (χ0n) is 15.1. The number of benzene rings is 1. The third-order valence-electron chi connectivity index (χ3n) is 4.83. The van der Waals surface area contributed by atoms with Crippen molar-refractivity contribution in [1.82, 2.24) is 0 Å². The molecule has 1 aromatic rings. The van der Waals surface area contributed by atoms with E-state index in [-0.39, 0.29) is 0 Å². The molecule has 0 aliphatic rings. The summed E-state index contributed by atoms with van der Waals surface area (Å²) in [4.78, 5) is 0. The summed E-state index contributed by atoms with van der Waals surface area (Å²) in [7, 11) is -0.996. The van der Waals surface area contributed by atoms with Crippen LogP contribution in [0, 0.1) is 0 Å². The van der Waals surface area contributed by atoms with Crippen LogP contribution in [0.4, 0.5) is 0 Å². The number of hydrogen-bond acceptors (Lipinski definition) is 0. The van der Waals surface area contributed by atoms with Gasteiger partial charge in [-0.25, -0.2) is 0 Å². The van der Waals surface area contributed by atoms with Crippen LogP contribution in [0.5, 0.6) is 0 Å². The van der Waals surface area contributed by atoms with Gasteiger partial charge < -0.3 is 0 Å². The van der Waals surface area contributed by atoms with E-state index in [9.17, 15) is 0 Å².